The molecule has 1 aromatic heterocycles. The van der Waals surface area contributed by atoms with Gasteiger partial charge in [-0.05, 0) is 11.6 Å². The monoisotopic (exact) mass is 181 g/mol. The normalized spacial score (nSPS) is 13.1. The summed E-state index contributed by atoms with van der Waals surface area (Å²) in [6, 6.07) is 6.29. The average molecular weight is 181 g/mol. The SMILES string of the molecule is [CH]1C=Cc2c1cccc2-n1ccnc1. The first kappa shape index (κ1) is 7.56. The lowest BCUT2D eigenvalue weighted by atomic mass is 10.1. The molecular formula is C12H9N2. The Bertz CT molecular complexity index is 481. The van der Waals surface area contributed by atoms with Crippen molar-refractivity contribution in [3.63, 3.8) is 0 Å². The number of benzene rings is 1. The van der Waals surface area contributed by atoms with Gasteiger partial charge in [0.2, 0.25) is 0 Å². The molecule has 1 heterocycles. The topological polar surface area (TPSA) is 17.8 Å². The molecule has 1 aliphatic rings. The average Bonchev–Trinajstić information content (AvgIpc) is 2.88. The Balaban J connectivity index is 2.24. The van der Waals surface area contributed by atoms with Gasteiger partial charge in [-0.15, -0.1) is 0 Å². The van der Waals surface area contributed by atoms with Crippen molar-refractivity contribution < 1.29 is 0 Å². The Labute approximate surface area is 82.5 Å². The second-order valence-corrected chi connectivity index (χ2v) is 3.28. The maximum Gasteiger partial charge on any atom is 0.0991 e. The van der Waals surface area contributed by atoms with Crippen molar-refractivity contribution in [2.75, 3.05) is 0 Å². The Kier molecular flexibility index (Phi) is 1.53. The van der Waals surface area contributed by atoms with E-state index in [2.05, 4.69) is 41.8 Å². The van der Waals surface area contributed by atoms with E-state index in [-0.39, 0.29) is 0 Å². The zero-order chi connectivity index (χ0) is 9.38. The van der Waals surface area contributed by atoms with E-state index in [1.165, 1.54) is 16.8 Å². The second-order valence-electron chi connectivity index (χ2n) is 3.28. The van der Waals surface area contributed by atoms with Crippen LogP contribution in [0.15, 0.2) is 43.0 Å². The predicted octanol–water partition coefficient (Wildman–Crippen LogP) is 2.45. The molecule has 0 aliphatic heterocycles. The Morgan fingerprint density at radius 3 is 3.07 bits per heavy atom. The molecule has 67 valence electrons. The minimum atomic E-state index is 1.19. The van der Waals surface area contributed by atoms with E-state index in [1.54, 1.807) is 6.20 Å². The smallest absolute Gasteiger partial charge is 0.0991 e. The van der Waals surface area contributed by atoms with Crippen molar-refractivity contribution in [1.82, 2.24) is 9.55 Å². The third kappa shape index (κ3) is 1.01. The Morgan fingerprint density at radius 1 is 1.21 bits per heavy atom. The van der Waals surface area contributed by atoms with Gasteiger partial charge < -0.3 is 4.57 Å². The van der Waals surface area contributed by atoms with Crippen molar-refractivity contribution >= 4 is 6.08 Å². The molecule has 0 saturated heterocycles. The van der Waals surface area contributed by atoms with Crippen LogP contribution >= 0.6 is 0 Å². The van der Waals surface area contributed by atoms with Crippen molar-refractivity contribution in [1.29, 1.82) is 0 Å². The summed E-state index contributed by atoms with van der Waals surface area (Å²) in [5.74, 6) is 0. The fourth-order valence-corrected chi connectivity index (χ4v) is 1.77. The molecule has 3 rings (SSSR count). The van der Waals surface area contributed by atoms with Crippen LogP contribution in [0.5, 0.6) is 0 Å². The summed E-state index contributed by atoms with van der Waals surface area (Å²) in [6.07, 6.45) is 11.9. The number of nitrogens with zero attached hydrogens (tertiary/aromatic N) is 2. The highest BCUT2D eigenvalue weighted by Gasteiger charge is 2.09. The van der Waals surface area contributed by atoms with E-state index >= 15 is 0 Å². The molecular weight excluding hydrogens is 172 g/mol. The maximum absolute atomic E-state index is 4.05. The molecule has 0 bridgehead atoms. The molecule has 0 saturated carbocycles. The minimum Gasteiger partial charge on any atom is -0.306 e. The molecule has 1 radical (unpaired) electrons. The molecule has 2 aromatic rings. The minimum absolute atomic E-state index is 1.19. The first-order chi connectivity index (χ1) is 6.95. The summed E-state index contributed by atoms with van der Waals surface area (Å²) < 4.78 is 2.03. The summed E-state index contributed by atoms with van der Waals surface area (Å²) in [6.45, 7) is 0. The van der Waals surface area contributed by atoms with Gasteiger partial charge in [-0.25, -0.2) is 4.98 Å². The van der Waals surface area contributed by atoms with Gasteiger partial charge >= 0.3 is 0 Å². The number of hydrogen-bond acceptors (Lipinski definition) is 1. The van der Waals surface area contributed by atoms with Gasteiger partial charge in [0.25, 0.3) is 0 Å². The Hall–Kier alpha value is -1.83. The molecule has 0 unspecified atom stereocenters. The molecule has 0 N–H and O–H groups in total. The lowest BCUT2D eigenvalue weighted by Gasteiger charge is -2.07. The van der Waals surface area contributed by atoms with Crippen molar-refractivity contribution in [2.24, 2.45) is 0 Å². The van der Waals surface area contributed by atoms with Gasteiger partial charge in [-0.2, -0.15) is 0 Å². The van der Waals surface area contributed by atoms with Crippen LogP contribution in [0.25, 0.3) is 11.8 Å². The van der Waals surface area contributed by atoms with Crippen LogP contribution in [0, 0.1) is 6.42 Å². The van der Waals surface area contributed by atoms with E-state index in [1.807, 2.05) is 17.1 Å². The highest BCUT2D eigenvalue weighted by molar-refractivity contribution is 5.72. The van der Waals surface area contributed by atoms with Gasteiger partial charge in [0.1, 0.15) is 0 Å². The van der Waals surface area contributed by atoms with Crippen LogP contribution in [0.1, 0.15) is 11.1 Å². The van der Waals surface area contributed by atoms with E-state index in [4.69, 9.17) is 0 Å². The van der Waals surface area contributed by atoms with Crippen LogP contribution in [0.2, 0.25) is 0 Å². The van der Waals surface area contributed by atoms with Crippen molar-refractivity contribution in [2.45, 2.75) is 0 Å². The van der Waals surface area contributed by atoms with Crippen molar-refractivity contribution in [3.05, 3.63) is 60.5 Å². The maximum atomic E-state index is 4.05. The quantitative estimate of drug-likeness (QED) is 0.660. The van der Waals surface area contributed by atoms with Gasteiger partial charge in [-0.3, -0.25) is 0 Å². The van der Waals surface area contributed by atoms with Crippen LogP contribution in [-0.2, 0) is 0 Å². The van der Waals surface area contributed by atoms with Gasteiger partial charge in [0.05, 0.1) is 12.0 Å². The molecule has 0 spiro atoms. The summed E-state index contributed by atoms with van der Waals surface area (Å²) >= 11 is 0. The van der Waals surface area contributed by atoms with Crippen LogP contribution < -0.4 is 0 Å². The van der Waals surface area contributed by atoms with E-state index in [9.17, 15) is 0 Å². The highest BCUT2D eigenvalue weighted by Crippen LogP contribution is 2.26. The number of allylic oxidation sites excluding steroid dienone is 1. The summed E-state index contributed by atoms with van der Waals surface area (Å²) in [7, 11) is 0. The number of imidazole rings is 1. The summed E-state index contributed by atoms with van der Waals surface area (Å²) in [4.78, 5) is 4.05. The number of rotatable bonds is 1. The third-order valence-electron chi connectivity index (χ3n) is 2.44. The molecule has 1 aromatic carbocycles. The standard InChI is InChI=1S/C12H9N2/c1-3-10-4-2-6-12(11(10)5-1)14-8-7-13-9-14/h1-9H. The first-order valence-electron chi connectivity index (χ1n) is 4.58. The van der Waals surface area contributed by atoms with E-state index in [0.29, 0.717) is 0 Å². The lowest BCUT2D eigenvalue weighted by molar-refractivity contribution is 1.05. The highest BCUT2D eigenvalue weighted by atomic mass is 15.0. The number of hydrogen-bond donors (Lipinski definition) is 0. The number of fused-ring (bicyclic) bond motifs is 1. The molecule has 2 heteroatoms. The molecule has 1 aliphatic carbocycles. The molecule has 0 amide bonds. The van der Waals surface area contributed by atoms with Crippen molar-refractivity contribution in [3.8, 4) is 5.69 Å². The zero-order valence-electron chi connectivity index (χ0n) is 7.59. The van der Waals surface area contributed by atoms with Gasteiger partial charge in [0, 0.05) is 24.4 Å². The largest absolute Gasteiger partial charge is 0.306 e. The van der Waals surface area contributed by atoms with Crippen LogP contribution in [-0.4, -0.2) is 9.55 Å². The predicted molar refractivity (Wildman–Crippen MR) is 56.0 cm³/mol. The zero-order valence-corrected chi connectivity index (χ0v) is 7.59. The third-order valence-corrected chi connectivity index (χ3v) is 2.44. The summed E-state index contributed by atoms with van der Waals surface area (Å²) in [5.41, 5.74) is 3.73. The fourth-order valence-electron chi connectivity index (χ4n) is 1.77. The fraction of sp³-hybridized carbons (Fsp3) is 0. The summed E-state index contributed by atoms with van der Waals surface area (Å²) in [5, 5.41) is 0. The lowest BCUT2D eigenvalue weighted by Crippen LogP contribution is -1.94. The second kappa shape index (κ2) is 2.84. The first-order valence-corrected chi connectivity index (χ1v) is 4.58. The number of aromatic nitrogens is 2. The van der Waals surface area contributed by atoms with Gasteiger partial charge in [-0.1, -0.05) is 24.3 Å². The molecule has 0 fully saturated rings. The van der Waals surface area contributed by atoms with E-state index < -0.39 is 0 Å². The van der Waals surface area contributed by atoms with Crippen LogP contribution in [0.3, 0.4) is 0 Å². The van der Waals surface area contributed by atoms with E-state index in [0.717, 1.165) is 0 Å². The van der Waals surface area contributed by atoms with Crippen LogP contribution in [0.4, 0.5) is 0 Å². The molecule has 2 nitrogen and oxygen atoms in total. The molecule has 0 atom stereocenters. The Morgan fingerprint density at radius 2 is 2.21 bits per heavy atom. The molecule has 14 heavy (non-hydrogen) atoms. The van der Waals surface area contributed by atoms with Gasteiger partial charge in [0.15, 0.2) is 0 Å².